The molecule has 10 nitrogen and oxygen atoms in total. The van der Waals surface area contributed by atoms with Crippen LogP contribution in [0.2, 0.25) is 0 Å². The highest BCUT2D eigenvalue weighted by molar-refractivity contribution is 6.08. The molecule has 0 unspecified atom stereocenters. The number of carbonyl (C=O) groups is 3. The van der Waals surface area contributed by atoms with Crippen LogP contribution in [0, 0.1) is 22.0 Å². The Morgan fingerprint density at radius 2 is 1.93 bits per heavy atom. The number of hydrogen-bond acceptors (Lipinski definition) is 8. The van der Waals surface area contributed by atoms with Crippen molar-refractivity contribution in [2.24, 2.45) is 11.8 Å². The molecule has 1 aromatic rings. The van der Waals surface area contributed by atoms with Crippen molar-refractivity contribution in [1.29, 1.82) is 0 Å². The Morgan fingerprint density at radius 3 is 2.57 bits per heavy atom. The third kappa shape index (κ3) is 3.43. The van der Waals surface area contributed by atoms with E-state index in [4.69, 9.17) is 14.2 Å². The summed E-state index contributed by atoms with van der Waals surface area (Å²) >= 11 is 0. The van der Waals surface area contributed by atoms with Crippen LogP contribution >= 0.6 is 0 Å². The van der Waals surface area contributed by atoms with Crippen molar-refractivity contribution in [2.75, 3.05) is 6.79 Å². The number of amides is 2. The first-order valence-corrected chi connectivity index (χ1v) is 9.57. The van der Waals surface area contributed by atoms with Crippen LogP contribution in [0.25, 0.3) is 0 Å². The Morgan fingerprint density at radius 1 is 1.27 bits per heavy atom. The molecule has 0 aromatic heterocycles. The number of imide groups is 1. The van der Waals surface area contributed by atoms with Gasteiger partial charge >= 0.3 is 5.97 Å². The van der Waals surface area contributed by atoms with Gasteiger partial charge in [0.1, 0.15) is 18.4 Å². The van der Waals surface area contributed by atoms with Gasteiger partial charge in [-0.1, -0.05) is 12.2 Å². The quantitative estimate of drug-likeness (QED) is 0.234. The van der Waals surface area contributed by atoms with Crippen molar-refractivity contribution in [1.82, 2.24) is 4.90 Å². The lowest BCUT2D eigenvalue weighted by Crippen LogP contribution is -2.44. The Labute approximate surface area is 171 Å². The summed E-state index contributed by atoms with van der Waals surface area (Å²) in [6.45, 7) is 1.27. The minimum absolute atomic E-state index is 0.0181. The smallest absolute Gasteiger partial charge is 0.329 e. The largest absolute Gasteiger partial charge is 0.467 e. The van der Waals surface area contributed by atoms with Crippen molar-refractivity contribution in [2.45, 2.75) is 39.0 Å². The van der Waals surface area contributed by atoms with E-state index in [1.54, 1.807) is 0 Å². The van der Waals surface area contributed by atoms with Gasteiger partial charge in [0.05, 0.1) is 23.4 Å². The first kappa shape index (κ1) is 20.0. The Bertz CT molecular complexity index is 930. The summed E-state index contributed by atoms with van der Waals surface area (Å²) in [4.78, 5) is 49.5. The highest BCUT2D eigenvalue weighted by atomic mass is 16.7. The van der Waals surface area contributed by atoms with E-state index in [1.807, 2.05) is 12.2 Å². The molecule has 1 aliphatic carbocycles. The first-order chi connectivity index (χ1) is 14.4. The molecule has 2 aliphatic heterocycles. The van der Waals surface area contributed by atoms with Crippen molar-refractivity contribution < 1.29 is 33.5 Å². The van der Waals surface area contributed by atoms with E-state index in [0.29, 0.717) is 29.7 Å². The second-order valence-corrected chi connectivity index (χ2v) is 7.45. The van der Waals surface area contributed by atoms with Gasteiger partial charge in [-0.05, 0) is 19.8 Å². The summed E-state index contributed by atoms with van der Waals surface area (Å²) in [5.74, 6) is -2.00. The van der Waals surface area contributed by atoms with Gasteiger partial charge in [-0.25, -0.2) is 4.79 Å². The monoisotopic (exact) mass is 416 g/mol. The van der Waals surface area contributed by atoms with E-state index in [1.165, 1.54) is 19.1 Å². The number of carbonyl (C=O) groups excluding carboxylic acids is 3. The molecule has 0 spiro atoms. The maximum Gasteiger partial charge on any atom is 0.329 e. The number of benzene rings is 1. The van der Waals surface area contributed by atoms with E-state index >= 15 is 0 Å². The van der Waals surface area contributed by atoms with Gasteiger partial charge in [-0.2, -0.15) is 0 Å². The molecule has 2 heterocycles. The molecule has 10 heteroatoms. The fourth-order valence-corrected chi connectivity index (χ4v) is 4.08. The molecule has 4 rings (SSSR count). The molecule has 0 saturated carbocycles. The predicted octanol–water partition coefficient (Wildman–Crippen LogP) is 1.84. The number of likely N-dealkylation sites (tertiary alicyclic amines) is 1. The molecular formula is C20H20N2O8. The van der Waals surface area contributed by atoms with Gasteiger partial charge in [0.15, 0.2) is 6.79 Å². The van der Waals surface area contributed by atoms with Crippen molar-refractivity contribution in [3.63, 3.8) is 0 Å². The first-order valence-electron chi connectivity index (χ1n) is 9.57. The zero-order valence-electron chi connectivity index (χ0n) is 16.2. The van der Waals surface area contributed by atoms with Gasteiger partial charge in [0.25, 0.3) is 5.69 Å². The molecule has 158 valence electrons. The van der Waals surface area contributed by atoms with Gasteiger partial charge in [-0.3, -0.25) is 24.6 Å². The number of ether oxygens (including phenoxy) is 3. The van der Waals surface area contributed by atoms with Crippen molar-refractivity contribution in [3.8, 4) is 5.75 Å². The summed E-state index contributed by atoms with van der Waals surface area (Å²) in [5.41, 5.74) is 0.624. The minimum atomic E-state index is -1.09. The molecule has 0 bridgehead atoms. The Balaban J connectivity index is 1.49. The van der Waals surface area contributed by atoms with Crippen molar-refractivity contribution in [3.05, 3.63) is 45.5 Å². The predicted molar refractivity (Wildman–Crippen MR) is 99.8 cm³/mol. The van der Waals surface area contributed by atoms with Gasteiger partial charge < -0.3 is 14.2 Å². The van der Waals surface area contributed by atoms with E-state index in [-0.39, 0.29) is 37.5 Å². The fraction of sp³-hybridized carbons (Fsp3) is 0.450. The van der Waals surface area contributed by atoms with E-state index in [0.717, 1.165) is 4.90 Å². The van der Waals surface area contributed by atoms with Crippen LogP contribution in [0.3, 0.4) is 0 Å². The van der Waals surface area contributed by atoms with Crippen LogP contribution < -0.4 is 4.74 Å². The molecule has 0 N–H and O–H groups in total. The number of nitro benzene ring substituents is 1. The normalized spacial score (nSPS) is 23.4. The minimum Gasteiger partial charge on any atom is -0.467 e. The number of allylic oxidation sites excluding steroid dienone is 2. The second-order valence-electron chi connectivity index (χ2n) is 7.45. The van der Waals surface area contributed by atoms with E-state index in [2.05, 4.69) is 0 Å². The van der Waals surface area contributed by atoms with Crippen LogP contribution in [0.15, 0.2) is 24.3 Å². The lowest BCUT2D eigenvalue weighted by molar-refractivity contribution is -0.385. The number of nitro groups is 1. The lowest BCUT2D eigenvalue weighted by Gasteiger charge is -2.23. The summed E-state index contributed by atoms with van der Waals surface area (Å²) in [6, 6.07) is 1.53. The standard InChI is InChI=1S/C20H20N2O8/c1-11(21-18(23)15-4-2-3-5-16(15)19(21)24)20(25)29-9-13-7-14(22(26)27)6-12-8-28-10-30-17(12)13/h2-3,6-7,11,15-16H,4-5,8-10H2,1H3/t11-,15-,16-/m0/s1. The van der Waals surface area contributed by atoms with Crippen LogP contribution in [0.4, 0.5) is 5.69 Å². The Kier molecular flexibility index (Phi) is 5.25. The molecule has 1 saturated heterocycles. The second kappa shape index (κ2) is 7.86. The number of hydrogen-bond donors (Lipinski definition) is 0. The maximum absolute atomic E-state index is 12.6. The average molecular weight is 416 g/mol. The summed E-state index contributed by atoms with van der Waals surface area (Å²) < 4.78 is 15.9. The van der Waals surface area contributed by atoms with Gasteiger partial charge in [0.2, 0.25) is 11.8 Å². The molecule has 2 amide bonds. The molecule has 3 atom stereocenters. The van der Waals surface area contributed by atoms with Gasteiger partial charge in [0, 0.05) is 23.3 Å². The summed E-state index contributed by atoms with van der Waals surface area (Å²) in [7, 11) is 0. The zero-order chi connectivity index (χ0) is 21.4. The molecular weight excluding hydrogens is 396 g/mol. The zero-order valence-corrected chi connectivity index (χ0v) is 16.2. The molecule has 0 radical (unpaired) electrons. The number of rotatable bonds is 5. The van der Waals surface area contributed by atoms with Crippen LogP contribution in [0.5, 0.6) is 5.75 Å². The molecule has 1 aromatic carbocycles. The van der Waals surface area contributed by atoms with E-state index in [9.17, 15) is 24.5 Å². The summed E-state index contributed by atoms with van der Waals surface area (Å²) in [6.07, 6.45) is 4.70. The van der Waals surface area contributed by atoms with Crippen molar-refractivity contribution >= 4 is 23.5 Å². The molecule has 1 fully saturated rings. The third-order valence-corrected chi connectivity index (χ3v) is 5.62. The van der Waals surface area contributed by atoms with Crippen LogP contribution in [-0.2, 0) is 37.1 Å². The number of esters is 1. The highest BCUT2D eigenvalue weighted by Gasteiger charge is 2.50. The number of non-ortho nitro benzene ring substituents is 1. The third-order valence-electron chi connectivity index (χ3n) is 5.62. The lowest BCUT2D eigenvalue weighted by atomic mass is 9.85. The fourth-order valence-electron chi connectivity index (χ4n) is 4.08. The highest BCUT2D eigenvalue weighted by Crippen LogP contribution is 2.37. The topological polar surface area (TPSA) is 125 Å². The van der Waals surface area contributed by atoms with Crippen LogP contribution in [0.1, 0.15) is 30.9 Å². The SMILES string of the molecule is C[C@@H](C(=O)OCc1cc([N+](=O)[O-])cc2c1OCOC2)N1C(=O)[C@H]2CC=CC[C@@H]2C1=O. The number of fused-ring (bicyclic) bond motifs is 2. The summed E-state index contributed by atoms with van der Waals surface area (Å²) in [5, 5.41) is 11.2. The van der Waals surface area contributed by atoms with Crippen LogP contribution in [-0.4, -0.2) is 40.4 Å². The number of nitrogens with zero attached hydrogens (tertiary/aromatic N) is 2. The molecule has 3 aliphatic rings. The van der Waals surface area contributed by atoms with Gasteiger partial charge in [-0.15, -0.1) is 0 Å². The molecule has 30 heavy (non-hydrogen) atoms. The van der Waals surface area contributed by atoms with E-state index < -0.39 is 28.8 Å². The average Bonchev–Trinajstić information content (AvgIpc) is 3.01. The maximum atomic E-state index is 12.6. The Hall–Kier alpha value is -3.27.